The van der Waals surface area contributed by atoms with Crippen molar-refractivity contribution in [3.8, 4) is 0 Å². The lowest BCUT2D eigenvalue weighted by Gasteiger charge is -2.14. The number of hydrogen-bond donors (Lipinski definition) is 0. The van der Waals surface area contributed by atoms with Crippen LogP contribution in [0, 0.1) is 6.92 Å². The lowest BCUT2D eigenvalue weighted by molar-refractivity contribution is 0.854. The first-order valence-electron chi connectivity index (χ1n) is 5.90. The number of nitrogens with zero attached hydrogens (tertiary/aromatic N) is 1. The minimum absolute atomic E-state index is 0.0257. The van der Waals surface area contributed by atoms with Crippen molar-refractivity contribution in [3.63, 3.8) is 0 Å². The number of halogens is 1. The maximum absolute atomic E-state index is 6.54. The summed E-state index contributed by atoms with van der Waals surface area (Å²) in [4.78, 5) is 5.65. The molecular formula is C15H16ClNS. The molecule has 1 atom stereocenters. The van der Waals surface area contributed by atoms with E-state index in [2.05, 4.69) is 36.4 Å². The molecule has 0 amide bonds. The molecule has 94 valence electrons. The summed E-state index contributed by atoms with van der Waals surface area (Å²) < 4.78 is 0. The summed E-state index contributed by atoms with van der Waals surface area (Å²) in [6.45, 7) is 2.08. The number of benzene rings is 1. The van der Waals surface area contributed by atoms with Gasteiger partial charge < -0.3 is 0 Å². The zero-order chi connectivity index (χ0) is 13.0. The fourth-order valence-corrected chi connectivity index (χ4v) is 3.00. The lowest BCUT2D eigenvalue weighted by atomic mass is 10.0. The van der Waals surface area contributed by atoms with Crippen molar-refractivity contribution in [3.05, 3.63) is 59.4 Å². The number of thioether (sulfide) groups is 1. The molecule has 0 aliphatic rings. The van der Waals surface area contributed by atoms with Gasteiger partial charge >= 0.3 is 0 Å². The summed E-state index contributed by atoms with van der Waals surface area (Å²) in [5, 5.41) is -0.0257. The van der Waals surface area contributed by atoms with Crippen LogP contribution in [0.1, 0.15) is 22.2 Å². The highest BCUT2D eigenvalue weighted by atomic mass is 35.5. The van der Waals surface area contributed by atoms with Gasteiger partial charge in [0.2, 0.25) is 0 Å². The van der Waals surface area contributed by atoms with Crippen LogP contribution in [0.25, 0.3) is 0 Å². The zero-order valence-corrected chi connectivity index (χ0v) is 12.1. The maximum atomic E-state index is 6.54. The smallest absolute Gasteiger partial charge is 0.0651 e. The first-order valence-corrected chi connectivity index (χ1v) is 7.56. The second-order valence-electron chi connectivity index (χ2n) is 4.18. The van der Waals surface area contributed by atoms with E-state index in [1.54, 1.807) is 11.8 Å². The highest BCUT2D eigenvalue weighted by molar-refractivity contribution is 7.98. The van der Waals surface area contributed by atoms with Crippen LogP contribution in [0.2, 0.25) is 0 Å². The Bertz CT molecular complexity index is 527. The molecule has 0 saturated heterocycles. The molecule has 0 aliphatic heterocycles. The van der Waals surface area contributed by atoms with Crippen LogP contribution in [-0.4, -0.2) is 11.2 Å². The summed E-state index contributed by atoms with van der Waals surface area (Å²) in [5.74, 6) is 0. The van der Waals surface area contributed by atoms with Crippen LogP contribution in [0.4, 0.5) is 0 Å². The predicted octanol–water partition coefficient (Wildman–Crippen LogP) is 4.63. The molecule has 0 fully saturated rings. The van der Waals surface area contributed by atoms with Crippen molar-refractivity contribution < 1.29 is 0 Å². The predicted molar refractivity (Wildman–Crippen MR) is 79.5 cm³/mol. The molecule has 0 bridgehead atoms. The van der Waals surface area contributed by atoms with E-state index in [1.165, 1.54) is 16.0 Å². The number of aromatic nitrogens is 1. The van der Waals surface area contributed by atoms with Gasteiger partial charge in [-0.25, -0.2) is 0 Å². The van der Waals surface area contributed by atoms with Gasteiger partial charge in [0.15, 0.2) is 0 Å². The van der Waals surface area contributed by atoms with Crippen molar-refractivity contribution in [2.45, 2.75) is 23.6 Å². The summed E-state index contributed by atoms with van der Waals surface area (Å²) >= 11 is 8.28. The largest absolute Gasteiger partial charge is 0.261 e. The average Bonchev–Trinajstić information content (AvgIpc) is 2.41. The van der Waals surface area contributed by atoms with Crippen LogP contribution in [-0.2, 0) is 6.42 Å². The van der Waals surface area contributed by atoms with E-state index in [1.807, 2.05) is 24.4 Å². The van der Waals surface area contributed by atoms with Gasteiger partial charge in [-0.05, 0) is 36.4 Å². The van der Waals surface area contributed by atoms with Crippen molar-refractivity contribution in [2.75, 3.05) is 6.26 Å². The maximum Gasteiger partial charge on any atom is 0.0651 e. The fourth-order valence-electron chi connectivity index (χ4n) is 1.94. The zero-order valence-electron chi connectivity index (χ0n) is 10.6. The van der Waals surface area contributed by atoms with Gasteiger partial charge in [0.05, 0.1) is 5.38 Å². The van der Waals surface area contributed by atoms with Crippen LogP contribution >= 0.6 is 23.4 Å². The highest BCUT2D eigenvalue weighted by Crippen LogP contribution is 2.32. The highest BCUT2D eigenvalue weighted by Gasteiger charge is 2.14. The third-order valence-corrected chi connectivity index (χ3v) is 4.17. The molecule has 0 N–H and O–H groups in total. The van der Waals surface area contributed by atoms with Crippen LogP contribution < -0.4 is 0 Å². The van der Waals surface area contributed by atoms with E-state index >= 15 is 0 Å². The number of alkyl halides is 1. The normalized spacial score (nSPS) is 12.4. The van der Waals surface area contributed by atoms with Crippen molar-refractivity contribution in [1.82, 2.24) is 4.98 Å². The van der Waals surface area contributed by atoms with E-state index in [0.717, 1.165) is 12.1 Å². The van der Waals surface area contributed by atoms with Gasteiger partial charge in [-0.1, -0.05) is 24.3 Å². The van der Waals surface area contributed by atoms with Gasteiger partial charge in [0.1, 0.15) is 0 Å². The van der Waals surface area contributed by atoms with E-state index < -0.39 is 0 Å². The molecule has 1 aromatic carbocycles. The molecule has 2 rings (SSSR count). The van der Waals surface area contributed by atoms with Crippen molar-refractivity contribution >= 4 is 23.4 Å². The monoisotopic (exact) mass is 277 g/mol. The number of pyridine rings is 1. The molecule has 1 aromatic heterocycles. The Balaban J connectivity index is 2.22. The van der Waals surface area contributed by atoms with Crippen LogP contribution in [0.15, 0.2) is 47.5 Å². The minimum atomic E-state index is -0.0257. The van der Waals surface area contributed by atoms with Gasteiger partial charge in [-0.2, -0.15) is 0 Å². The third-order valence-electron chi connectivity index (χ3n) is 2.97. The van der Waals surface area contributed by atoms with E-state index in [0.29, 0.717) is 0 Å². The summed E-state index contributed by atoms with van der Waals surface area (Å²) in [6.07, 6.45) is 4.67. The Labute approximate surface area is 118 Å². The quantitative estimate of drug-likeness (QED) is 0.597. The molecule has 1 unspecified atom stereocenters. The molecule has 1 heterocycles. The first kappa shape index (κ1) is 13.4. The minimum Gasteiger partial charge on any atom is -0.261 e. The first-order chi connectivity index (χ1) is 8.72. The average molecular weight is 278 g/mol. The summed E-state index contributed by atoms with van der Waals surface area (Å²) in [6, 6.07) is 12.3. The van der Waals surface area contributed by atoms with Crippen molar-refractivity contribution in [2.24, 2.45) is 0 Å². The van der Waals surface area contributed by atoms with E-state index in [-0.39, 0.29) is 5.38 Å². The Hall–Kier alpha value is -0.990. The second-order valence-corrected chi connectivity index (χ2v) is 5.56. The Morgan fingerprint density at radius 3 is 2.72 bits per heavy atom. The fraction of sp³-hybridized carbons (Fsp3) is 0.267. The molecule has 0 saturated carbocycles. The Morgan fingerprint density at radius 2 is 2.00 bits per heavy atom. The van der Waals surface area contributed by atoms with Gasteiger partial charge in [-0.3, -0.25) is 4.98 Å². The van der Waals surface area contributed by atoms with Gasteiger partial charge in [0.25, 0.3) is 0 Å². The molecule has 0 radical (unpaired) electrons. The van der Waals surface area contributed by atoms with Crippen LogP contribution in [0.5, 0.6) is 0 Å². The number of hydrogen-bond acceptors (Lipinski definition) is 2. The molecule has 1 nitrogen and oxygen atoms in total. The molecular weight excluding hydrogens is 262 g/mol. The SMILES string of the molecule is CSc1ccccc1C(Cl)Cc1ncccc1C. The van der Waals surface area contributed by atoms with Gasteiger partial charge in [0, 0.05) is 23.2 Å². The van der Waals surface area contributed by atoms with Gasteiger partial charge in [-0.15, -0.1) is 23.4 Å². The third kappa shape index (κ3) is 3.06. The standard InChI is InChI=1S/C15H16ClNS/c1-11-6-5-9-17-14(11)10-13(16)12-7-3-4-8-15(12)18-2/h3-9,13H,10H2,1-2H3. The molecule has 0 aliphatic carbocycles. The summed E-state index contributed by atoms with van der Waals surface area (Å²) in [5.41, 5.74) is 3.47. The molecule has 2 aromatic rings. The van der Waals surface area contributed by atoms with E-state index in [9.17, 15) is 0 Å². The molecule has 3 heteroatoms. The Kier molecular flexibility index (Phi) is 4.67. The number of rotatable bonds is 4. The second kappa shape index (κ2) is 6.26. The molecule has 18 heavy (non-hydrogen) atoms. The number of aryl methyl sites for hydroxylation is 1. The van der Waals surface area contributed by atoms with Crippen LogP contribution in [0.3, 0.4) is 0 Å². The lowest BCUT2D eigenvalue weighted by Crippen LogP contribution is -2.01. The molecule has 0 spiro atoms. The summed E-state index contributed by atoms with van der Waals surface area (Å²) in [7, 11) is 0. The topological polar surface area (TPSA) is 12.9 Å². The van der Waals surface area contributed by atoms with E-state index in [4.69, 9.17) is 11.6 Å². The Morgan fingerprint density at radius 1 is 1.22 bits per heavy atom. The van der Waals surface area contributed by atoms with Crippen molar-refractivity contribution in [1.29, 1.82) is 0 Å².